The third-order valence-corrected chi connectivity index (χ3v) is 4.97. The van der Waals surface area contributed by atoms with E-state index < -0.39 is 0 Å². The van der Waals surface area contributed by atoms with Crippen molar-refractivity contribution in [3.05, 3.63) is 84.1 Å². The Hall–Kier alpha value is -3.68. The van der Waals surface area contributed by atoms with E-state index in [9.17, 15) is 9.90 Å². The fourth-order valence-corrected chi connectivity index (χ4v) is 3.48. The van der Waals surface area contributed by atoms with Gasteiger partial charge in [0.1, 0.15) is 23.9 Å². The zero-order valence-corrected chi connectivity index (χ0v) is 17.5. The number of carbonyl (C=O) groups excluding carboxylic acids is 1. The summed E-state index contributed by atoms with van der Waals surface area (Å²) in [6.07, 6.45) is 0. The molecule has 1 aromatic heterocycles. The van der Waals surface area contributed by atoms with Gasteiger partial charge < -0.3 is 19.6 Å². The number of fused-ring (bicyclic) bond motifs is 1. The molecular weight excluding hydrogens is 412 g/mol. The number of carbonyl (C=O) groups is 1. The van der Waals surface area contributed by atoms with E-state index in [1.54, 1.807) is 18.2 Å². The topological polar surface area (TPSA) is 83.7 Å². The van der Waals surface area contributed by atoms with Crippen LogP contribution in [0.4, 0.5) is 5.69 Å². The minimum absolute atomic E-state index is 0.160. The molecule has 156 valence electrons. The molecule has 0 aliphatic rings. The van der Waals surface area contributed by atoms with Crippen LogP contribution in [0.25, 0.3) is 22.1 Å². The number of hydrogen-bond donors (Lipinski definition) is 3. The summed E-state index contributed by atoms with van der Waals surface area (Å²) in [7, 11) is 1.53. The number of methoxy groups -OCH3 is 1. The molecule has 0 fully saturated rings. The van der Waals surface area contributed by atoms with Crippen molar-refractivity contribution in [1.82, 2.24) is 5.32 Å². The van der Waals surface area contributed by atoms with Gasteiger partial charge in [0.25, 0.3) is 5.91 Å². The summed E-state index contributed by atoms with van der Waals surface area (Å²) in [6.45, 7) is -0.160. The van der Waals surface area contributed by atoms with Crippen molar-refractivity contribution < 1.29 is 19.1 Å². The van der Waals surface area contributed by atoms with Crippen LogP contribution in [0.5, 0.6) is 5.75 Å². The van der Waals surface area contributed by atoms with Crippen molar-refractivity contribution in [2.24, 2.45) is 0 Å². The van der Waals surface area contributed by atoms with Gasteiger partial charge in [0.15, 0.2) is 5.11 Å². The Morgan fingerprint density at radius 3 is 2.52 bits per heavy atom. The standard InChI is InChI=1S/C24H20N2O4S/c1-29-22-13-16-6-3-2-5-15(16)12-20(22)23(28)26-24(31)25-18-8-4-7-17(11-18)21-10-9-19(14-27)30-21/h2-13,27H,14H2,1H3,(H2,25,26,28,31). The molecule has 7 heteroatoms. The van der Waals surface area contributed by atoms with Crippen LogP contribution in [-0.2, 0) is 6.61 Å². The molecule has 4 aromatic rings. The number of benzene rings is 3. The summed E-state index contributed by atoms with van der Waals surface area (Å²) >= 11 is 5.33. The quantitative estimate of drug-likeness (QED) is 0.396. The van der Waals surface area contributed by atoms with Crippen LogP contribution in [0.1, 0.15) is 16.1 Å². The monoisotopic (exact) mass is 432 g/mol. The van der Waals surface area contributed by atoms with E-state index in [0.717, 1.165) is 16.3 Å². The number of thiocarbonyl (C=S) groups is 1. The van der Waals surface area contributed by atoms with E-state index in [0.29, 0.717) is 28.5 Å². The molecule has 0 saturated carbocycles. The van der Waals surface area contributed by atoms with Gasteiger partial charge in [-0.3, -0.25) is 10.1 Å². The van der Waals surface area contributed by atoms with Crippen LogP contribution >= 0.6 is 12.2 Å². The van der Waals surface area contributed by atoms with E-state index in [1.165, 1.54) is 7.11 Å². The number of amides is 1. The van der Waals surface area contributed by atoms with Gasteiger partial charge in [-0.15, -0.1) is 0 Å². The Morgan fingerprint density at radius 1 is 1.03 bits per heavy atom. The minimum Gasteiger partial charge on any atom is -0.496 e. The first kappa shape index (κ1) is 20.6. The average Bonchev–Trinajstić information content (AvgIpc) is 3.27. The van der Waals surface area contributed by atoms with E-state index in [4.69, 9.17) is 21.4 Å². The van der Waals surface area contributed by atoms with Crippen LogP contribution in [0.2, 0.25) is 0 Å². The summed E-state index contributed by atoms with van der Waals surface area (Å²) in [4.78, 5) is 12.8. The van der Waals surface area contributed by atoms with E-state index >= 15 is 0 Å². The first-order chi connectivity index (χ1) is 15.1. The lowest BCUT2D eigenvalue weighted by Gasteiger charge is -2.13. The molecular formula is C24H20N2O4S. The summed E-state index contributed by atoms with van der Waals surface area (Å²) < 4.78 is 11.0. The van der Waals surface area contributed by atoms with Gasteiger partial charge in [0.05, 0.1) is 12.7 Å². The lowest BCUT2D eigenvalue weighted by atomic mass is 10.1. The molecule has 3 N–H and O–H groups in total. The largest absolute Gasteiger partial charge is 0.496 e. The van der Waals surface area contributed by atoms with Crippen LogP contribution in [0.15, 0.2) is 77.2 Å². The molecule has 0 aliphatic carbocycles. The predicted molar refractivity (Wildman–Crippen MR) is 124 cm³/mol. The smallest absolute Gasteiger partial charge is 0.261 e. The van der Waals surface area contributed by atoms with Crippen molar-refractivity contribution in [3.63, 3.8) is 0 Å². The van der Waals surface area contributed by atoms with E-state index in [2.05, 4.69) is 10.6 Å². The zero-order valence-electron chi connectivity index (χ0n) is 16.7. The van der Waals surface area contributed by atoms with E-state index in [-0.39, 0.29) is 17.6 Å². The molecule has 0 bridgehead atoms. The number of anilines is 1. The molecule has 0 saturated heterocycles. The average molecular weight is 433 g/mol. The Kier molecular flexibility index (Phi) is 5.97. The number of hydrogen-bond acceptors (Lipinski definition) is 5. The van der Waals surface area contributed by atoms with Gasteiger partial charge in [-0.1, -0.05) is 36.4 Å². The van der Waals surface area contributed by atoms with Gasteiger partial charge in [-0.2, -0.15) is 0 Å². The van der Waals surface area contributed by atoms with Crippen molar-refractivity contribution in [2.45, 2.75) is 6.61 Å². The van der Waals surface area contributed by atoms with Gasteiger partial charge in [0.2, 0.25) is 0 Å². The van der Waals surface area contributed by atoms with Crippen molar-refractivity contribution >= 4 is 39.7 Å². The number of aliphatic hydroxyl groups excluding tert-OH is 1. The van der Waals surface area contributed by atoms with Crippen molar-refractivity contribution in [2.75, 3.05) is 12.4 Å². The SMILES string of the molecule is COc1cc2ccccc2cc1C(=O)NC(=S)Nc1cccc(-c2ccc(CO)o2)c1. The number of rotatable bonds is 5. The van der Waals surface area contributed by atoms with Crippen molar-refractivity contribution in [1.29, 1.82) is 0 Å². The normalized spacial score (nSPS) is 10.6. The zero-order chi connectivity index (χ0) is 21.8. The highest BCUT2D eigenvalue weighted by Gasteiger charge is 2.15. The third-order valence-electron chi connectivity index (χ3n) is 4.76. The molecule has 0 atom stereocenters. The first-order valence-corrected chi connectivity index (χ1v) is 9.97. The Bertz CT molecular complexity index is 1270. The molecule has 1 heterocycles. The number of nitrogens with one attached hydrogen (secondary N) is 2. The fraction of sp³-hybridized carbons (Fsp3) is 0.0833. The van der Waals surface area contributed by atoms with E-state index in [1.807, 2.05) is 54.6 Å². The summed E-state index contributed by atoms with van der Waals surface area (Å²) in [6, 6.07) is 22.3. The molecule has 0 aliphatic heterocycles. The highest BCUT2D eigenvalue weighted by Crippen LogP contribution is 2.27. The molecule has 0 unspecified atom stereocenters. The van der Waals surface area contributed by atoms with Crippen LogP contribution in [0, 0.1) is 0 Å². The van der Waals surface area contributed by atoms with Gasteiger partial charge in [0, 0.05) is 11.3 Å². The van der Waals surface area contributed by atoms with Crippen molar-refractivity contribution in [3.8, 4) is 17.1 Å². The van der Waals surface area contributed by atoms with Gasteiger partial charge >= 0.3 is 0 Å². The second-order valence-corrected chi connectivity index (χ2v) is 7.22. The maximum absolute atomic E-state index is 12.8. The summed E-state index contributed by atoms with van der Waals surface area (Å²) in [5.74, 6) is 1.22. The molecule has 4 rings (SSSR count). The van der Waals surface area contributed by atoms with Gasteiger partial charge in [-0.25, -0.2) is 0 Å². The molecule has 1 amide bonds. The summed E-state index contributed by atoms with van der Waals surface area (Å²) in [5, 5.41) is 17.0. The molecule has 31 heavy (non-hydrogen) atoms. The number of ether oxygens (including phenoxy) is 1. The number of aliphatic hydroxyl groups is 1. The lowest BCUT2D eigenvalue weighted by molar-refractivity contribution is 0.0975. The van der Waals surface area contributed by atoms with Crippen LogP contribution < -0.4 is 15.4 Å². The van der Waals surface area contributed by atoms with Crippen LogP contribution in [0.3, 0.4) is 0 Å². The summed E-state index contributed by atoms with van der Waals surface area (Å²) in [5.41, 5.74) is 1.90. The lowest BCUT2D eigenvalue weighted by Crippen LogP contribution is -2.34. The Morgan fingerprint density at radius 2 is 1.81 bits per heavy atom. The van der Waals surface area contributed by atoms with Gasteiger partial charge in [-0.05, 0) is 59.4 Å². The molecule has 6 nitrogen and oxygen atoms in total. The molecule has 0 spiro atoms. The third kappa shape index (κ3) is 4.58. The predicted octanol–water partition coefficient (Wildman–Crippen LogP) is 4.73. The van der Waals surface area contributed by atoms with Crippen LogP contribution in [-0.4, -0.2) is 23.2 Å². The first-order valence-electron chi connectivity index (χ1n) is 9.56. The maximum Gasteiger partial charge on any atom is 0.261 e. The number of furan rings is 1. The highest BCUT2D eigenvalue weighted by molar-refractivity contribution is 7.80. The molecule has 3 aromatic carbocycles. The second kappa shape index (κ2) is 8.99. The molecule has 0 radical (unpaired) electrons. The minimum atomic E-state index is -0.366. The Labute approximate surface area is 184 Å². The maximum atomic E-state index is 12.8. The fourth-order valence-electron chi connectivity index (χ4n) is 3.27. The Balaban J connectivity index is 1.49. The highest BCUT2D eigenvalue weighted by atomic mass is 32.1. The second-order valence-electron chi connectivity index (χ2n) is 6.81.